The van der Waals surface area contributed by atoms with Crippen LogP contribution in [0.25, 0.3) is 0 Å². The van der Waals surface area contributed by atoms with E-state index in [1.165, 1.54) is 12.0 Å². The van der Waals surface area contributed by atoms with Crippen molar-refractivity contribution >= 4 is 11.9 Å². The van der Waals surface area contributed by atoms with Crippen molar-refractivity contribution in [1.29, 1.82) is 5.26 Å². The Hall–Kier alpha value is -1.57. The highest BCUT2D eigenvalue weighted by molar-refractivity contribution is 5.86. The monoisotopic (exact) mass is 236 g/mol. The lowest BCUT2D eigenvalue weighted by molar-refractivity contribution is -0.147. The Labute approximate surface area is 100 Å². The molecule has 2 atom stereocenters. The maximum absolute atomic E-state index is 11.9. The van der Waals surface area contributed by atoms with E-state index in [0.29, 0.717) is 12.8 Å². The van der Waals surface area contributed by atoms with Crippen LogP contribution in [0.1, 0.15) is 32.1 Å². The largest absolute Gasteiger partial charge is 0.468 e. The first-order valence-electron chi connectivity index (χ1n) is 5.92. The number of nitriles is 1. The molecule has 0 radical (unpaired) electrons. The summed E-state index contributed by atoms with van der Waals surface area (Å²) in [5, 5.41) is 9.43. The lowest BCUT2D eigenvalue weighted by Crippen LogP contribution is -2.51. The van der Waals surface area contributed by atoms with Gasteiger partial charge in [-0.2, -0.15) is 5.26 Å². The molecular formula is C12H16N2O3. The minimum atomic E-state index is -0.760. The number of carbonyl (C=O) groups is 2. The normalized spacial score (nSPS) is 31.9. The Morgan fingerprint density at radius 2 is 2.41 bits per heavy atom. The fraction of sp³-hybridized carbons (Fsp3) is 0.750. The molecule has 1 amide bonds. The van der Waals surface area contributed by atoms with Gasteiger partial charge in [0.15, 0.2) is 0 Å². The number of hydrogen-bond donors (Lipinski definition) is 0. The van der Waals surface area contributed by atoms with E-state index in [4.69, 9.17) is 0 Å². The summed E-state index contributed by atoms with van der Waals surface area (Å²) in [5.74, 6) is -0.471. The fourth-order valence-corrected chi connectivity index (χ4v) is 3.03. The summed E-state index contributed by atoms with van der Waals surface area (Å²) in [6.45, 7) is -0.0978. The summed E-state index contributed by atoms with van der Waals surface area (Å²) in [6, 6.07) is 2.29. The second kappa shape index (κ2) is 4.36. The number of ether oxygens (including phenoxy) is 1. The van der Waals surface area contributed by atoms with Crippen LogP contribution in [0.4, 0.5) is 0 Å². The average molecular weight is 236 g/mol. The summed E-state index contributed by atoms with van der Waals surface area (Å²) >= 11 is 0. The van der Waals surface area contributed by atoms with Crippen LogP contribution in [-0.2, 0) is 14.3 Å². The zero-order valence-corrected chi connectivity index (χ0v) is 9.94. The zero-order chi connectivity index (χ0) is 12.5. The highest BCUT2D eigenvalue weighted by Crippen LogP contribution is 2.45. The van der Waals surface area contributed by atoms with Crippen LogP contribution in [0.5, 0.6) is 0 Å². The molecule has 0 unspecified atom stereocenters. The van der Waals surface area contributed by atoms with E-state index in [0.717, 1.165) is 19.3 Å². The number of rotatable bonds is 2. The molecule has 0 bridgehead atoms. The molecule has 1 saturated carbocycles. The molecule has 0 aromatic rings. The van der Waals surface area contributed by atoms with Crippen molar-refractivity contribution < 1.29 is 14.3 Å². The molecule has 0 aromatic heterocycles. The second-order valence-corrected chi connectivity index (χ2v) is 4.74. The van der Waals surface area contributed by atoms with E-state index in [-0.39, 0.29) is 18.4 Å². The van der Waals surface area contributed by atoms with Gasteiger partial charge in [-0.05, 0) is 12.8 Å². The Balaban J connectivity index is 2.26. The Kier molecular flexibility index (Phi) is 3.05. The van der Waals surface area contributed by atoms with Crippen LogP contribution in [-0.4, -0.2) is 36.0 Å². The van der Waals surface area contributed by atoms with Gasteiger partial charge in [0, 0.05) is 12.3 Å². The van der Waals surface area contributed by atoms with Gasteiger partial charge >= 0.3 is 5.97 Å². The molecule has 0 N–H and O–H groups in total. The number of amides is 1. The van der Waals surface area contributed by atoms with Crippen LogP contribution in [0.3, 0.4) is 0 Å². The molecular weight excluding hydrogens is 220 g/mol. The van der Waals surface area contributed by atoms with Gasteiger partial charge in [0.25, 0.3) is 0 Å². The molecule has 5 heteroatoms. The smallest absolute Gasteiger partial charge is 0.325 e. The summed E-state index contributed by atoms with van der Waals surface area (Å²) in [7, 11) is 1.29. The van der Waals surface area contributed by atoms with Gasteiger partial charge in [-0.15, -0.1) is 0 Å². The van der Waals surface area contributed by atoms with E-state index in [9.17, 15) is 14.9 Å². The Bertz CT molecular complexity index is 388. The van der Waals surface area contributed by atoms with Crippen molar-refractivity contribution in [3.63, 3.8) is 0 Å². The second-order valence-electron chi connectivity index (χ2n) is 4.74. The minimum absolute atomic E-state index is 0.0819. The number of carbonyl (C=O) groups excluding carboxylic acids is 2. The first kappa shape index (κ1) is 11.9. The summed E-state index contributed by atoms with van der Waals surface area (Å²) in [6.07, 6.45) is 3.97. The fourth-order valence-electron chi connectivity index (χ4n) is 3.03. The molecule has 5 nitrogen and oxygen atoms in total. The predicted octanol–water partition coefficient (Wildman–Crippen LogP) is 0.844. The van der Waals surface area contributed by atoms with Gasteiger partial charge in [-0.1, -0.05) is 12.8 Å². The minimum Gasteiger partial charge on any atom is -0.468 e. The SMILES string of the molecule is COC(=O)CN1C(=O)C[C@@H]2CCCC[C@@]21C#N. The molecule has 1 heterocycles. The van der Waals surface area contributed by atoms with Gasteiger partial charge in [0.1, 0.15) is 12.1 Å². The Morgan fingerprint density at radius 3 is 3.06 bits per heavy atom. The average Bonchev–Trinajstić information content (AvgIpc) is 2.63. The highest BCUT2D eigenvalue weighted by atomic mass is 16.5. The number of methoxy groups -OCH3 is 1. The first-order chi connectivity index (χ1) is 8.14. The summed E-state index contributed by atoms with van der Waals surface area (Å²) in [5.41, 5.74) is -0.760. The van der Waals surface area contributed by atoms with E-state index in [1.807, 2.05) is 0 Å². The van der Waals surface area contributed by atoms with E-state index in [2.05, 4.69) is 10.8 Å². The number of nitrogens with zero attached hydrogens (tertiary/aromatic N) is 2. The summed E-state index contributed by atoms with van der Waals surface area (Å²) < 4.78 is 4.59. The van der Waals surface area contributed by atoms with Crippen LogP contribution < -0.4 is 0 Å². The molecule has 1 aliphatic heterocycles. The van der Waals surface area contributed by atoms with Crippen LogP contribution in [0.15, 0.2) is 0 Å². The lowest BCUT2D eigenvalue weighted by Gasteiger charge is -2.38. The van der Waals surface area contributed by atoms with Gasteiger partial charge < -0.3 is 9.64 Å². The van der Waals surface area contributed by atoms with Gasteiger partial charge in [0.2, 0.25) is 5.91 Å². The van der Waals surface area contributed by atoms with Gasteiger partial charge in [-0.3, -0.25) is 9.59 Å². The molecule has 1 aliphatic carbocycles. The van der Waals surface area contributed by atoms with Crippen molar-refractivity contribution in [2.75, 3.05) is 13.7 Å². The Morgan fingerprint density at radius 1 is 1.65 bits per heavy atom. The quantitative estimate of drug-likeness (QED) is 0.666. The summed E-state index contributed by atoms with van der Waals surface area (Å²) in [4.78, 5) is 24.7. The third kappa shape index (κ3) is 1.78. The van der Waals surface area contributed by atoms with Crippen molar-refractivity contribution in [3.05, 3.63) is 0 Å². The van der Waals surface area contributed by atoms with E-state index < -0.39 is 11.5 Å². The first-order valence-corrected chi connectivity index (χ1v) is 5.92. The third-order valence-corrected chi connectivity index (χ3v) is 3.95. The molecule has 17 heavy (non-hydrogen) atoms. The van der Waals surface area contributed by atoms with Gasteiger partial charge in [0.05, 0.1) is 13.2 Å². The van der Waals surface area contributed by atoms with E-state index >= 15 is 0 Å². The topological polar surface area (TPSA) is 70.4 Å². The van der Waals surface area contributed by atoms with Crippen LogP contribution in [0, 0.1) is 17.2 Å². The van der Waals surface area contributed by atoms with Crippen molar-refractivity contribution in [1.82, 2.24) is 4.90 Å². The molecule has 2 fully saturated rings. The lowest BCUT2D eigenvalue weighted by atomic mass is 9.74. The van der Waals surface area contributed by atoms with Crippen LogP contribution in [0.2, 0.25) is 0 Å². The van der Waals surface area contributed by atoms with Crippen LogP contribution >= 0.6 is 0 Å². The molecule has 2 rings (SSSR count). The number of likely N-dealkylation sites (tertiary alicyclic amines) is 1. The zero-order valence-electron chi connectivity index (χ0n) is 9.94. The van der Waals surface area contributed by atoms with Crippen molar-refractivity contribution in [3.8, 4) is 6.07 Å². The molecule has 92 valence electrons. The molecule has 0 aromatic carbocycles. The highest BCUT2D eigenvalue weighted by Gasteiger charge is 2.54. The van der Waals surface area contributed by atoms with Crippen molar-refractivity contribution in [2.45, 2.75) is 37.6 Å². The maximum atomic E-state index is 11.9. The van der Waals surface area contributed by atoms with Crippen molar-refractivity contribution in [2.24, 2.45) is 5.92 Å². The molecule has 0 spiro atoms. The predicted molar refractivity (Wildman–Crippen MR) is 58.6 cm³/mol. The van der Waals surface area contributed by atoms with Gasteiger partial charge in [-0.25, -0.2) is 0 Å². The maximum Gasteiger partial charge on any atom is 0.325 e. The molecule has 2 aliphatic rings. The standard InChI is InChI=1S/C12H16N2O3/c1-17-11(16)7-14-10(15)6-9-4-2-3-5-12(9,14)8-13/h9H,2-7H2,1H3/t9-,12+/m0/s1. The van der Waals surface area contributed by atoms with E-state index in [1.54, 1.807) is 0 Å². The molecule has 1 saturated heterocycles. The number of esters is 1. The third-order valence-electron chi connectivity index (χ3n) is 3.95. The number of fused-ring (bicyclic) bond motifs is 1. The number of hydrogen-bond acceptors (Lipinski definition) is 4.